The van der Waals surface area contributed by atoms with Crippen LogP contribution in [0.15, 0.2) is 0 Å². The minimum absolute atomic E-state index is 0.0353. The predicted octanol–water partition coefficient (Wildman–Crippen LogP) is 0.0282. The third-order valence-electron chi connectivity index (χ3n) is 3.85. The lowest BCUT2D eigenvalue weighted by Crippen LogP contribution is -2.61. The van der Waals surface area contributed by atoms with E-state index >= 15 is 0 Å². The zero-order chi connectivity index (χ0) is 16.9. The Labute approximate surface area is 137 Å². The molecule has 0 bridgehead atoms. The van der Waals surface area contributed by atoms with E-state index in [0.29, 0.717) is 39.4 Å². The molecule has 132 valence electrons. The minimum Gasteiger partial charge on any atom is -0.375 e. The second-order valence-corrected chi connectivity index (χ2v) is 6.24. The fourth-order valence-electron chi connectivity index (χ4n) is 2.81. The SMILES string of the molecule is COCC(=O)N1CCOC2(C1)CN(C(=O)NC(C)C)CCCO2. The Hall–Kier alpha value is -1.38. The van der Waals surface area contributed by atoms with Crippen molar-refractivity contribution in [3.05, 3.63) is 0 Å². The summed E-state index contributed by atoms with van der Waals surface area (Å²) >= 11 is 0. The average Bonchev–Trinajstić information content (AvgIpc) is 2.70. The van der Waals surface area contributed by atoms with Crippen molar-refractivity contribution in [1.82, 2.24) is 15.1 Å². The summed E-state index contributed by atoms with van der Waals surface area (Å²) in [6, 6.07) is -0.0662. The summed E-state index contributed by atoms with van der Waals surface area (Å²) in [4.78, 5) is 27.8. The van der Waals surface area contributed by atoms with E-state index in [1.54, 1.807) is 9.80 Å². The van der Waals surface area contributed by atoms with Gasteiger partial charge in [0, 0.05) is 26.2 Å². The topological polar surface area (TPSA) is 80.3 Å². The van der Waals surface area contributed by atoms with E-state index in [2.05, 4.69) is 5.32 Å². The number of urea groups is 1. The van der Waals surface area contributed by atoms with Gasteiger partial charge in [0.05, 0.1) is 26.3 Å². The van der Waals surface area contributed by atoms with Gasteiger partial charge in [0.2, 0.25) is 11.7 Å². The molecule has 8 nitrogen and oxygen atoms in total. The summed E-state index contributed by atoms with van der Waals surface area (Å²) in [5.74, 6) is -1.05. The molecule has 2 aliphatic rings. The van der Waals surface area contributed by atoms with E-state index in [9.17, 15) is 9.59 Å². The molecule has 0 aliphatic carbocycles. The van der Waals surface area contributed by atoms with Gasteiger partial charge >= 0.3 is 6.03 Å². The zero-order valence-electron chi connectivity index (χ0n) is 14.2. The number of methoxy groups -OCH3 is 1. The van der Waals surface area contributed by atoms with Crippen molar-refractivity contribution in [3.63, 3.8) is 0 Å². The smallest absolute Gasteiger partial charge is 0.317 e. The normalized spacial score (nSPS) is 25.6. The molecular formula is C15H27N3O5. The summed E-state index contributed by atoms with van der Waals surface area (Å²) in [6.45, 7) is 6.49. The third kappa shape index (κ3) is 4.79. The molecule has 2 rings (SSSR count). The first-order valence-corrected chi connectivity index (χ1v) is 8.06. The average molecular weight is 329 g/mol. The molecule has 0 radical (unpaired) electrons. The van der Waals surface area contributed by atoms with Crippen LogP contribution >= 0.6 is 0 Å². The van der Waals surface area contributed by atoms with Crippen molar-refractivity contribution in [3.8, 4) is 0 Å². The molecule has 1 N–H and O–H groups in total. The number of carbonyl (C=O) groups excluding carboxylic acids is 2. The highest BCUT2D eigenvalue weighted by Crippen LogP contribution is 2.24. The highest BCUT2D eigenvalue weighted by atomic mass is 16.7. The molecule has 3 amide bonds. The van der Waals surface area contributed by atoms with Gasteiger partial charge < -0.3 is 29.3 Å². The summed E-state index contributed by atoms with van der Waals surface area (Å²) in [5, 5.41) is 2.89. The maximum atomic E-state index is 12.3. The van der Waals surface area contributed by atoms with Crippen LogP contribution in [0.5, 0.6) is 0 Å². The Kier molecular flexibility index (Phi) is 6.20. The second-order valence-electron chi connectivity index (χ2n) is 6.24. The highest BCUT2D eigenvalue weighted by Gasteiger charge is 2.43. The third-order valence-corrected chi connectivity index (χ3v) is 3.85. The van der Waals surface area contributed by atoms with Crippen molar-refractivity contribution >= 4 is 11.9 Å². The first-order valence-electron chi connectivity index (χ1n) is 8.06. The van der Waals surface area contributed by atoms with Crippen molar-refractivity contribution in [1.29, 1.82) is 0 Å². The molecule has 2 fully saturated rings. The molecule has 1 spiro atoms. The zero-order valence-corrected chi connectivity index (χ0v) is 14.2. The van der Waals surface area contributed by atoms with Crippen LogP contribution in [-0.2, 0) is 19.0 Å². The number of nitrogens with one attached hydrogen (secondary N) is 1. The van der Waals surface area contributed by atoms with E-state index in [4.69, 9.17) is 14.2 Å². The van der Waals surface area contributed by atoms with Crippen molar-refractivity contribution in [2.24, 2.45) is 0 Å². The van der Waals surface area contributed by atoms with E-state index in [-0.39, 0.29) is 24.6 Å². The Morgan fingerprint density at radius 1 is 1.17 bits per heavy atom. The fraction of sp³-hybridized carbons (Fsp3) is 0.867. The predicted molar refractivity (Wildman–Crippen MR) is 82.9 cm³/mol. The molecule has 2 saturated heterocycles. The van der Waals surface area contributed by atoms with Gasteiger partial charge in [-0.1, -0.05) is 0 Å². The molecule has 0 saturated carbocycles. The van der Waals surface area contributed by atoms with E-state index in [1.807, 2.05) is 13.8 Å². The molecule has 1 unspecified atom stereocenters. The Bertz CT molecular complexity index is 431. The van der Waals surface area contributed by atoms with Crippen LogP contribution in [0.3, 0.4) is 0 Å². The lowest BCUT2D eigenvalue weighted by molar-refractivity contribution is -0.262. The molecule has 0 aromatic heterocycles. The molecule has 1 atom stereocenters. The standard InChI is InChI=1S/C15H27N3O5/c1-12(2)16-14(20)18-5-4-7-22-15(11-18)10-17(6-8-23-15)13(19)9-21-3/h12H,4-11H2,1-3H3,(H,16,20). The van der Waals surface area contributed by atoms with Gasteiger partial charge in [-0.15, -0.1) is 0 Å². The molecule has 2 heterocycles. The van der Waals surface area contributed by atoms with Crippen LogP contribution in [0.25, 0.3) is 0 Å². The highest BCUT2D eigenvalue weighted by molar-refractivity contribution is 5.77. The molecule has 0 aromatic rings. The second kappa shape index (κ2) is 7.94. The van der Waals surface area contributed by atoms with E-state index < -0.39 is 5.79 Å². The largest absolute Gasteiger partial charge is 0.375 e. The molecule has 8 heteroatoms. The Balaban J connectivity index is 2.06. The van der Waals surface area contributed by atoms with Gasteiger partial charge in [0.25, 0.3) is 0 Å². The first-order chi connectivity index (χ1) is 11.0. The number of carbonyl (C=O) groups is 2. The summed E-state index contributed by atoms with van der Waals surface area (Å²) in [7, 11) is 1.49. The van der Waals surface area contributed by atoms with Crippen LogP contribution in [0.4, 0.5) is 4.79 Å². The van der Waals surface area contributed by atoms with Crippen LogP contribution < -0.4 is 5.32 Å². The van der Waals surface area contributed by atoms with Crippen LogP contribution in [-0.4, -0.2) is 86.7 Å². The van der Waals surface area contributed by atoms with Crippen LogP contribution in [0, 0.1) is 0 Å². The fourth-order valence-corrected chi connectivity index (χ4v) is 2.81. The van der Waals surface area contributed by atoms with Crippen molar-refractivity contribution in [2.75, 3.05) is 53.1 Å². The maximum absolute atomic E-state index is 12.3. The lowest BCUT2D eigenvalue weighted by Gasteiger charge is -2.43. The van der Waals surface area contributed by atoms with Gasteiger partial charge in [-0.25, -0.2) is 4.79 Å². The van der Waals surface area contributed by atoms with Crippen LogP contribution in [0.2, 0.25) is 0 Å². The lowest BCUT2D eigenvalue weighted by atomic mass is 10.2. The van der Waals surface area contributed by atoms with Gasteiger partial charge in [0.1, 0.15) is 6.61 Å². The number of amides is 3. The van der Waals surface area contributed by atoms with E-state index in [1.165, 1.54) is 7.11 Å². The number of morpholine rings is 1. The monoisotopic (exact) mass is 329 g/mol. The molecular weight excluding hydrogens is 302 g/mol. The van der Waals surface area contributed by atoms with Gasteiger partial charge in [-0.05, 0) is 20.3 Å². The van der Waals surface area contributed by atoms with Gasteiger partial charge in [-0.3, -0.25) is 4.79 Å². The number of nitrogens with zero attached hydrogens (tertiary/aromatic N) is 2. The molecule has 0 aromatic carbocycles. The Morgan fingerprint density at radius 3 is 2.57 bits per heavy atom. The number of rotatable bonds is 3. The summed E-state index contributed by atoms with van der Waals surface area (Å²) < 4.78 is 16.7. The van der Waals surface area contributed by atoms with Crippen molar-refractivity contribution < 1.29 is 23.8 Å². The van der Waals surface area contributed by atoms with Gasteiger partial charge in [0.15, 0.2) is 0 Å². The minimum atomic E-state index is -0.952. The maximum Gasteiger partial charge on any atom is 0.317 e. The van der Waals surface area contributed by atoms with Gasteiger partial charge in [-0.2, -0.15) is 0 Å². The number of hydrogen-bond donors (Lipinski definition) is 1. The molecule has 23 heavy (non-hydrogen) atoms. The number of hydrogen-bond acceptors (Lipinski definition) is 5. The van der Waals surface area contributed by atoms with E-state index in [0.717, 1.165) is 6.42 Å². The summed E-state index contributed by atoms with van der Waals surface area (Å²) in [6.07, 6.45) is 0.739. The Morgan fingerprint density at radius 2 is 1.87 bits per heavy atom. The first kappa shape index (κ1) is 18.0. The van der Waals surface area contributed by atoms with Crippen molar-refractivity contribution in [2.45, 2.75) is 32.1 Å². The summed E-state index contributed by atoms with van der Waals surface area (Å²) in [5.41, 5.74) is 0. The number of ether oxygens (including phenoxy) is 3. The van der Waals surface area contributed by atoms with Crippen LogP contribution in [0.1, 0.15) is 20.3 Å². The molecule has 2 aliphatic heterocycles. The quantitative estimate of drug-likeness (QED) is 0.790.